The Morgan fingerprint density at radius 1 is 0.477 bits per heavy atom. The van der Waals surface area contributed by atoms with E-state index in [4.69, 9.17) is 98.0 Å². The molecule has 36 N–H and O–H groups in total. The maximum atomic E-state index is 13.5. The van der Waals surface area contributed by atoms with E-state index in [-0.39, 0.29) is 31.6 Å². The minimum absolute atomic E-state index is 0.127. The molecule has 52 nitrogen and oxygen atoms in total. The highest BCUT2D eigenvalue weighted by Gasteiger charge is 2.57. The second-order valence-electron chi connectivity index (χ2n) is 32.9. The van der Waals surface area contributed by atoms with Gasteiger partial charge in [0, 0.05) is 37.3 Å². The zero-order valence-electron chi connectivity index (χ0n) is 74.1. The largest absolute Gasteiger partial charge is 0.462 e. The average molecular weight is 1870 g/mol. The van der Waals surface area contributed by atoms with E-state index in [2.05, 4.69) is 117 Å². The molecule has 0 radical (unpaired) electrons. The highest BCUT2D eigenvalue weighted by atomic mass is 16.7. The van der Waals surface area contributed by atoms with Crippen molar-refractivity contribution in [3.63, 3.8) is 0 Å². The first-order valence-electron chi connectivity index (χ1n) is 43.6. The van der Waals surface area contributed by atoms with Crippen LogP contribution in [0.25, 0.3) is 12.2 Å². The summed E-state index contributed by atoms with van der Waals surface area (Å²) in [5.41, 5.74) is 45.8. The maximum Gasteiger partial charge on any atom is 0.407 e. The number of hydrogen-bond donors (Lipinski definition) is 28. The number of ether oxygens (including phenoxy) is 11. The number of benzene rings is 2. The van der Waals surface area contributed by atoms with Crippen LogP contribution in [0.4, 0.5) is 38.4 Å². The average Bonchev–Trinajstić information content (AvgIpc) is 1.76. The molecule has 8 saturated heterocycles. The smallest absolute Gasteiger partial charge is 0.407 e. The Morgan fingerprint density at radius 2 is 0.894 bits per heavy atom. The lowest BCUT2D eigenvalue weighted by Crippen LogP contribution is -2.70. The van der Waals surface area contributed by atoms with E-state index in [1.165, 1.54) is 12.2 Å². The van der Waals surface area contributed by atoms with Crippen molar-refractivity contribution in [3.05, 3.63) is 71.8 Å². The molecule has 17 amide bonds. The lowest BCUT2D eigenvalue weighted by atomic mass is 9.95. The summed E-state index contributed by atoms with van der Waals surface area (Å²) in [6.45, 7) is 16.9. The number of fused-ring (bicyclic) bond motifs is 2. The van der Waals surface area contributed by atoms with Crippen LogP contribution in [0.5, 0.6) is 11.5 Å². The number of primary amides is 4. The molecule has 132 heavy (non-hydrogen) atoms. The number of carbonyl (C=O) groups is 10. The predicted molar refractivity (Wildman–Crippen MR) is 470 cm³/mol. The third-order valence-electron chi connectivity index (χ3n) is 22.0. The number of nitrogens with two attached hydrogens (primary N) is 8. The topological polar surface area (TPSA) is 790 Å². The molecule has 2 unspecified atom stereocenters. The molecular weight excluding hydrogens is 1740 g/mol. The van der Waals surface area contributed by atoms with E-state index >= 15 is 0 Å². The molecule has 736 valence electrons. The molecule has 10 rings (SSSR count). The second kappa shape index (κ2) is 51.1. The van der Waals surface area contributed by atoms with Gasteiger partial charge in [-0.15, -0.1) is 0 Å². The molecule has 0 bridgehead atoms. The van der Waals surface area contributed by atoms with Crippen LogP contribution in [0.1, 0.15) is 91.2 Å². The van der Waals surface area contributed by atoms with E-state index in [1.54, 1.807) is 74.5 Å². The number of unbranched alkanes of at least 4 members (excludes halogenated alkanes) is 2. The number of nitrogens with zero attached hydrogens (tertiary/aromatic N) is 3. The zero-order chi connectivity index (χ0) is 96.0. The van der Waals surface area contributed by atoms with Crippen LogP contribution >= 0.6 is 0 Å². The molecule has 0 spiro atoms. The van der Waals surface area contributed by atoms with Gasteiger partial charge in [0.05, 0.1) is 68.9 Å². The minimum atomic E-state index is -1.64. The van der Waals surface area contributed by atoms with E-state index < -0.39 is 226 Å². The number of amides is 17. The molecule has 52 heteroatoms. The highest BCUT2D eigenvalue weighted by molar-refractivity contribution is 5.95. The molecule has 26 atom stereocenters. The van der Waals surface area contributed by atoms with Crippen molar-refractivity contribution in [2.24, 2.45) is 55.9 Å². The lowest BCUT2D eigenvalue weighted by Gasteiger charge is -2.44. The van der Waals surface area contributed by atoms with Crippen molar-refractivity contribution < 1.29 is 126 Å². The Balaban J connectivity index is 0.000000297. The van der Waals surface area contributed by atoms with Crippen LogP contribution in [0.3, 0.4) is 0 Å². The second-order valence-corrected chi connectivity index (χ2v) is 32.9. The Kier molecular flexibility index (Phi) is 40.4. The van der Waals surface area contributed by atoms with Crippen LogP contribution in [-0.4, -0.2) is 352 Å². The number of aliphatic hydroxyl groups excluding tert-OH is 5. The summed E-state index contributed by atoms with van der Waals surface area (Å²) in [6, 6.07) is -4.46. The lowest BCUT2D eigenvalue weighted by molar-refractivity contribution is -0.268. The Labute approximate surface area is 760 Å². The van der Waals surface area contributed by atoms with Gasteiger partial charge in [0.2, 0.25) is 24.4 Å². The van der Waals surface area contributed by atoms with Crippen molar-refractivity contribution >= 4 is 84.2 Å². The van der Waals surface area contributed by atoms with Gasteiger partial charge in [0.15, 0.2) is 37.0 Å². The van der Waals surface area contributed by atoms with Gasteiger partial charge in [-0.1, -0.05) is 52.0 Å². The Hall–Kier alpha value is -11.3. The third kappa shape index (κ3) is 31.4. The van der Waals surface area contributed by atoms with Crippen LogP contribution < -0.4 is 135 Å². The monoisotopic (exact) mass is 1870 g/mol. The number of aliphatic hydroxyl groups is 5. The zero-order valence-corrected chi connectivity index (χ0v) is 74.1. The van der Waals surface area contributed by atoms with Gasteiger partial charge in [-0.3, -0.25) is 9.59 Å². The summed E-state index contributed by atoms with van der Waals surface area (Å²) >= 11 is 0. The fourth-order valence-electron chi connectivity index (χ4n) is 15.5. The summed E-state index contributed by atoms with van der Waals surface area (Å²) in [5, 5.41) is 97.7. The van der Waals surface area contributed by atoms with E-state index in [0.29, 0.717) is 52.7 Å². The number of nitrogens with one attached hydrogen (secondary N) is 15. The van der Waals surface area contributed by atoms with Crippen molar-refractivity contribution in [3.8, 4) is 11.5 Å². The first-order valence-corrected chi connectivity index (χ1v) is 43.6. The Morgan fingerprint density at radius 3 is 1.32 bits per heavy atom. The van der Waals surface area contributed by atoms with Gasteiger partial charge in [-0.2, -0.15) is 0 Å². The summed E-state index contributed by atoms with van der Waals surface area (Å²) in [5.74, 6) is -0.616. The molecule has 8 fully saturated rings. The highest BCUT2D eigenvalue weighted by Crippen LogP contribution is 2.34. The summed E-state index contributed by atoms with van der Waals surface area (Å²) in [6.07, 6.45) is -9.18. The van der Waals surface area contributed by atoms with Crippen LogP contribution in [-0.2, 0) is 52.2 Å². The summed E-state index contributed by atoms with van der Waals surface area (Å²) in [4.78, 5) is 133. The minimum Gasteiger partial charge on any atom is -0.462 e. The number of imide groups is 1. The van der Waals surface area contributed by atoms with Gasteiger partial charge in [-0.25, -0.2) is 53.2 Å². The number of urea groups is 7. The molecule has 8 heterocycles. The van der Waals surface area contributed by atoms with Crippen molar-refractivity contribution in [1.82, 2.24) is 84.7 Å². The fraction of sp³-hybridized carbons (Fsp3) is 0.650. The molecule has 8 aliphatic heterocycles. The van der Waals surface area contributed by atoms with Crippen LogP contribution in [0.2, 0.25) is 0 Å². The van der Waals surface area contributed by atoms with Gasteiger partial charge >= 0.3 is 48.3 Å². The number of hydrogen-bond acceptors (Lipinski definition) is 32. The van der Waals surface area contributed by atoms with Crippen molar-refractivity contribution in [2.45, 2.75) is 251 Å². The van der Waals surface area contributed by atoms with Gasteiger partial charge < -0.3 is 203 Å². The first kappa shape index (κ1) is 104. The third-order valence-corrected chi connectivity index (χ3v) is 22.0. The molecular formula is C80H130N26O26. The summed E-state index contributed by atoms with van der Waals surface area (Å²) < 4.78 is 64.1. The normalized spacial score (nSPS) is 30.7. The molecule has 8 aliphatic rings. The molecule has 2 aromatic rings. The molecule has 0 saturated carbocycles. The Bertz CT molecular complexity index is 4220. The fourth-order valence-corrected chi connectivity index (χ4v) is 15.5. The maximum absolute atomic E-state index is 13.5. The van der Waals surface area contributed by atoms with Crippen LogP contribution in [0.15, 0.2) is 70.7 Å². The van der Waals surface area contributed by atoms with E-state index in [9.17, 15) is 73.5 Å². The van der Waals surface area contributed by atoms with Gasteiger partial charge in [-0.05, 0) is 139 Å². The predicted octanol–water partition coefficient (Wildman–Crippen LogP) is -7.56. The van der Waals surface area contributed by atoms with Crippen LogP contribution in [0, 0.1) is 0 Å². The van der Waals surface area contributed by atoms with Gasteiger partial charge in [0.25, 0.3) is 0 Å². The standard InChI is InChI=1S/2C40H65N13O13/c1-19(2)46-15-5-4-13-45-14-6-16-47-25(55)12-9-21-7-10-22(11-8-21)65-34-29(48-36(41)42)32(57)26(20(3)64-34)50-39(60)52-33-28(49-37(43)58)31(56)24(18-62-33)66-35-30-27(23(54)17-63-35)51-40(61)53(30)38(44)59;1-19(2)46-15-5-4-13-45-14-6-16-47-25(54)12-9-21-7-10-22(11-8-21)64-35-30(48-36(41)42)32(56)26(20(3)63-35)51-39(59)53-33-29(50-38(44)58)31(55)24(18-61-33)65-34-28(49-37(43)57)27-23(17-62-34)66-40(60)52-27/h7-12,19-20,23-24,26-35,45-46,54,56-57H,4-6,13-18H2,1-3H3,(H2,44,59)(H,47,55)(H,51,61)(H4,41,42,48)(H3,43,49,58)(H2,50,52,60);7-12,19-20,23-24,26-35,45-46,55-56H,4-6,13-18H2,1-3H3,(H,47,54)(H,52,60)(H4,41,42,48)(H3,43,49,57)(H3,44,50,58)(H2,51,53,59)/b2*12-9+/t20-,23+,24-,26-,27-,28-,29-,30+,31+,32+,33+,34-,35?;20-,23+,24-,26-,27-,28+,29-,30-,31+,32+,33+,34?,35-/m11/s1. The summed E-state index contributed by atoms with van der Waals surface area (Å²) in [7, 11) is 0. The number of guanidine groups is 2. The van der Waals surface area contributed by atoms with Gasteiger partial charge in [0.1, 0.15) is 90.5 Å². The molecule has 0 aliphatic carbocycles. The number of carbonyl (C=O) groups excluding carboxylic acids is 10. The van der Waals surface area contributed by atoms with E-state index in [1.807, 2.05) is 0 Å². The van der Waals surface area contributed by atoms with E-state index in [0.717, 1.165) is 77.8 Å². The number of rotatable bonds is 41. The number of alkyl carbamates (subject to hydrolysis) is 1. The van der Waals surface area contributed by atoms with Crippen molar-refractivity contribution in [1.29, 1.82) is 0 Å². The van der Waals surface area contributed by atoms with Crippen molar-refractivity contribution in [2.75, 3.05) is 78.8 Å². The first-order chi connectivity index (χ1) is 62.9. The SMILES string of the molecule is CC(C)NCCCCNCCCNC(=O)/C=C/c1ccc(O[C@H]2O[C@H](C)[C@@H](NC(=O)N[C@H]3OC[C@@H](OC4OC[C@@H]5OC(=O)N[C@H]5[C@@H]4NC(N)=O)[C@H](O)[C@H]3NC(N)=O)[C@H](O)[C@H]2N=C(N)N)cc1.CC(C)NCCCCNCCCNC(=O)/C=C/c1ccc(O[C@H]2O[C@H](C)[C@@H](NC(=O)N[C@H]3OC[C@@H](OC4OC[C@H](O)[C@H]5NC(=O)N(C(N)=O)[C@H]45)[C@H](O)[C@H]3NC(N)=O)[C@H](O)[C@H]2N=C(N)N)cc1. The number of aliphatic imine (C=N–C) groups is 2. The molecule has 2 aromatic carbocycles. The quantitative estimate of drug-likeness (QED) is 0.0127. The molecule has 0 aromatic heterocycles.